The number of hydrogen-bond acceptors (Lipinski definition) is 4. The Bertz CT molecular complexity index is 920. The molecule has 0 spiro atoms. The number of amides is 2. The van der Waals surface area contributed by atoms with Gasteiger partial charge in [0.25, 0.3) is 0 Å². The van der Waals surface area contributed by atoms with E-state index in [0.717, 1.165) is 11.1 Å². The molecule has 0 saturated carbocycles. The molecule has 1 aliphatic rings. The maximum atomic E-state index is 12.6. The molecule has 1 N–H and O–H groups in total. The molecule has 1 aliphatic heterocycles. The number of urea groups is 1. The molecule has 6 nitrogen and oxygen atoms in total. The van der Waals surface area contributed by atoms with Gasteiger partial charge in [-0.05, 0) is 30.2 Å². The molecule has 3 rings (SSSR count). The van der Waals surface area contributed by atoms with Crippen molar-refractivity contribution in [2.75, 3.05) is 13.7 Å². The van der Waals surface area contributed by atoms with Crippen molar-refractivity contribution in [1.29, 1.82) is 0 Å². The normalized spacial score (nSPS) is 16.3. The summed E-state index contributed by atoms with van der Waals surface area (Å²) in [6, 6.07) is 16.3. The molecule has 2 aromatic rings. The number of hydrogen-bond donors (Lipinski definition) is 1. The van der Waals surface area contributed by atoms with Gasteiger partial charge in [-0.1, -0.05) is 55.1 Å². The SMILES string of the molecule is C=CCOC(=O)C1=C(C)N(C)C(=O)N[C@@H]1c1ccc(OCc2ccccc2)cc1. The predicted molar refractivity (Wildman–Crippen MR) is 110 cm³/mol. The molecule has 0 bridgehead atoms. The highest BCUT2D eigenvalue weighted by atomic mass is 16.5. The van der Waals surface area contributed by atoms with Crippen LogP contribution in [0.4, 0.5) is 4.79 Å². The van der Waals surface area contributed by atoms with Gasteiger partial charge in [0.2, 0.25) is 0 Å². The zero-order valence-electron chi connectivity index (χ0n) is 16.6. The molecular weight excluding hydrogens is 368 g/mol. The van der Waals surface area contributed by atoms with Crippen LogP contribution in [0.2, 0.25) is 0 Å². The van der Waals surface area contributed by atoms with E-state index in [1.807, 2.05) is 54.6 Å². The number of carbonyl (C=O) groups is 2. The highest BCUT2D eigenvalue weighted by molar-refractivity contribution is 5.95. The Labute approximate surface area is 170 Å². The summed E-state index contributed by atoms with van der Waals surface area (Å²) in [5, 5.41) is 2.86. The first kappa shape index (κ1) is 20.2. The Kier molecular flexibility index (Phi) is 6.34. The second kappa shape index (κ2) is 9.10. The van der Waals surface area contributed by atoms with Crippen LogP contribution in [-0.2, 0) is 16.1 Å². The Balaban J connectivity index is 1.80. The van der Waals surface area contributed by atoms with Crippen LogP contribution < -0.4 is 10.1 Å². The fourth-order valence-electron chi connectivity index (χ4n) is 3.06. The summed E-state index contributed by atoms with van der Waals surface area (Å²) in [6.07, 6.45) is 1.51. The minimum Gasteiger partial charge on any atom is -0.489 e. The van der Waals surface area contributed by atoms with E-state index in [1.54, 1.807) is 14.0 Å². The molecule has 0 aliphatic carbocycles. The third-order valence-electron chi connectivity index (χ3n) is 4.77. The van der Waals surface area contributed by atoms with Gasteiger partial charge in [0.05, 0.1) is 11.6 Å². The van der Waals surface area contributed by atoms with E-state index in [-0.39, 0.29) is 12.6 Å². The van der Waals surface area contributed by atoms with Crippen LogP contribution in [0, 0.1) is 0 Å². The average Bonchev–Trinajstić information content (AvgIpc) is 2.75. The second-order valence-corrected chi connectivity index (χ2v) is 6.67. The number of allylic oxidation sites excluding steroid dienone is 1. The molecule has 0 unspecified atom stereocenters. The van der Waals surface area contributed by atoms with E-state index in [1.165, 1.54) is 11.0 Å². The molecule has 0 saturated heterocycles. The van der Waals surface area contributed by atoms with Crippen molar-refractivity contribution in [3.63, 3.8) is 0 Å². The van der Waals surface area contributed by atoms with Crippen LogP contribution in [0.25, 0.3) is 0 Å². The highest BCUT2D eigenvalue weighted by Crippen LogP contribution is 2.31. The number of esters is 1. The van der Waals surface area contributed by atoms with Crippen LogP contribution >= 0.6 is 0 Å². The topological polar surface area (TPSA) is 67.9 Å². The minimum absolute atomic E-state index is 0.103. The molecule has 2 aromatic carbocycles. The van der Waals surface area contributed by atoms with Gasteiger partial charge in [-0.3, -0.25) is 0 Å². The van der Waals surface area contributed by atoms with Crippen LogP contribution in [0.5, 0.6) is 5.75 Å². The van der Waals surface area contributed by atoms with Crippen molar-refractivity contribution in [2.45, 2.75) is 19.6 Å². The lowest BCUT2D eigenvalue weighted by Crippen LogP contribution is -2.46. The summed E-state index contributed by atoms with van der Waals surface area (Å²) in [6.45, 7) is 5.86. The van der Waals surface area contributed by atoms with Gasteiger partial charge in [-0.15, -0.1) is 0 Å². The predicted octanol–water partition coefficient (Wildman–Crippen LogP) is 3.96. The summed E-state index contributed by atoms with van der Waals surface area (Å²) in [4.78, 5) is 26.3. The first-order chi connectivity index (χ1) is 14.0. The molecular formula is C23H24N2O4. The Morgan fingerprint density at radius 1 is 1.17 bits per heavy atom. The van der Waals surface area contributed by atoms with Gasteiger partial charge in [0.1, 0.15) is 19.0 Å². The molecule has 0 radical (unpaired) electrons. The van der Waals surface area contributed by atoms with E-state index in [0.29, 0.717) is 23.6 Å². The molecule has 2 amide bonds. The zero-order chi connectivity index (χ0) is 20.8. The maximum Gasteiger partial charge on any atom is 0.338 e. The number of nitrogens with one attached hydrogen (secondary N) is 1. The molecule has 1 atom stereocenters. The molecule has 0 aromatic heterocycles. The third kappa shape index (κ3) is 4.66. The van der Waals surface area contributed by atoms with Gasteiger partial charge in [-0.25, -0.2) is 9.59 Å². The van der Waals surface area contributed by atoms with Crippen molar-refractivity contribution < 1.29 is 19.1 Å². The van der Waals surface area contributed by atoms with Crippen molar-refractivity contribution in [2.24, 2.45) is 0 Å². The molecule has 6 heteroatoms. The number of carbonyl (C=O) groups excluding carboxylic acids is 2. The molecule has 150 valence electrons. The number of nitrogens with zero attached hydrogens (tertiary/aromatic N) is 1. The van der Waals surface area contributed by atoms with E-state index in [2.05, 4.69) is 11.9 Å². The van der Waals surface area contributed by atoms with Crippen LogP contribution in [-0.4, -0.2) is 30.6 Å². The summed E-state index contributed by atoms with van der Waals surface area (Å²) in [7, 11) is 1.61. The van der Waals surface area contributed by atoms with Gasteiger partial charge >= 0.3 is 12.0 Å². The zero-order valence-corrected chi connectivity index (χ0v) is 16.6. The summed E-state index contributed by atoms with van der Waals surface area (Å²) >= 11 is 0. The van der Waals surface area contributed by atoms with Crippen LogP contribution in [0.15, 0.2) is 78.5 Å². The van der Waals surface area contributed by atoms with Crippen molar-refractivity contribution in [3.05, 3.63) is 89.6 Å². The molecule has 29 heavy (non-hydrogen) atoms. The van der Waals surface area contributed by atoms with E-state index < -0.39 is 12.0 Å². The van der Waals surface area contributed by atoms with Crippen molar-refractivity contribution in [3.8, 4) is 5.75 Å². The van der Waals surface area contributed by atoms with Crippen molar-refractivity contribution >= 4 is 12.0 Å². The number of rotatable bonds is 7. The largest absolute Gasteiger partial charge is 0.489 e. The van der Waals surface area contributed by atoms with Gasteiger partial charge < -0.3 is 19.7 Å². The van der Waals surface area contributed by atoms with Gasteiger partial charge in [-0.2, -0.15) is 0 Å². The van der Waals surface area contributed by atoms with E-state index in [9.17, 15) is 9.59 Å². The van der Waals surface area contributed by atoms with E-state index in [4.69, 9.17) is 9.47 Å². The average molecular weight is 392 g/mol. The monoisotopic (exact) mass is 392 g/mol. The lowest BCUT2D eigenvalue weighted by atomic mass is 9.95. The highest BCUT2D eigenvalue weighted by Gasteiger charge is 2.34. The van der Waals surface area contributed by atoms with E-state index >= 15 is 0 Å². The quantitative estimate of drug-likeness (QED) is 0.572. The summed E-state index contributed by atoms with van der Waals surface area (Å²) in [5.74, 6) is 0.219. The fraction of sp³-hybridized carbons (Fsp3) is 0.217. The second-order valence-electron chi connectivity index (χ2n) is 6.67. The van der Waals surface area contributed by atoms with Gasteiger partial charge in [0, 0.05) is 12.7 Å². The number of benzene rings is 2. The fourth-order valence-corrected chi connectivity index (χ4v) is 3.06. The van der Waals surface area contributed by atoms with Crippen LogP contribution in [0.1, 0.15) is 24.1 Å². The van der Waals surface area contributed by atoms with Crippen LogP contribution in [0.3, 0.4) is 0 Å². The Morgan fingerprint density at radius 2 is 1.86 bits per heavy atom. The molecule has 1 heterocycles. The first-order valence-electron chi connectivity index (χ1n) is 9.31. The standard InChI is InChI=1S/C23H24N2O4/c1-4-14-28-22(26)20-16(2)25(3)23(27)24-21(20)18-10-12-19(13-11-18)29-15-17-8-6-5-7-9-17/h4-13,21H,1,14-15H2,2-3H3,(H,24,27)/t21-/m1/s1. The minimum atomic E-state index is -0.598. The Hall–Kier alpha value is -3.54. The maximum absolute atomic E-state index is 12.6. The summed E-state index contributed by atoms with van der Waals surface area (Å²) < 4.78 is 11.0. The smallest absolute Gasteiger partial charge is 0.338 e. The van der Waals surface area contributed by atoms with Gasteiger partial charge in [0.15, 0.2) is 0 Å². The lowest BCUT2D eigenvalue weighted by molar-refractivity contribution is -0.138. The first-order valence-corrected chi connectivity index (χ1v) is 9.31. The number of ether oxygens (including phenoxy) is 2. The lowest BCUT2D eigenvalue weighted by Gasteiger charge is -2.33. The molecule has 0 fully saturated rings. The summed E-state index contributed by atoms with van der Waals surface area (Å²) in [5.41, 5.74) is 2.79. The van der Waals surface area contributed by atoms with Crippen molar-refractivity contribution in [1.82, 2.24) is 10.2 Å². The third-order valence-corrected chi connectivity index (χ3v) is 4.77. The Morgan fingerprint density at radius 3 is 2.52 bits per heavy atom.